The topological polar surface area (TPSA) is 49.8 Å². The van der Waals surface area contributed by atoms with E-state index in [2.05, 4.69) is 0 Å². The van der Waals surface area contributed by atoms with E-state index >= 15 is 0 Å². The molecule has 4 heteroatoms. The third-order valence-electron chi connectivity index (χ3n) is 2.36. The number of nitrogens with zero attached hydrogens (tertiary/aromatic N) is 1. The van der Waals surface area contributed by atoms with Crippen molar-refractivity contribution in [2.45, 2.75) is 19.3 Å². The van der Waals surface area contributed by atoms with E-state index in [-0.39, 0.29) is 12.7 Å². The Bertz CT molecular complexity index is 306. The van der Waals surface area contributed by atoms with Crippen molar-refractivity contribution in [3.63, 3.8) is 0 Å². The number of fused-ring (bicyclic) bond motifs is 1. The first-order chi connectivity index (χ1) is 6.81. The zero-order valence-electron chi connectivity index (χ0n) is 7.90. The predicted octanol–water partition coefficient (Wildman–Crippen LogP) is 1.38. The Morgan fingerprint density at radius 1 is 1.57 bits per heavy atom. The molecule has 0 aromatic heterocycles. The van der Waals surface area contributed by atoms with Crippen LogP contribution in [-0.4, -0.2) is 29.3 Å². The molecule has 0 aliphatic carbocycles. The second-order valence-corrected chi connectivity index (χ2v) is 3.38. The molecule has 2 heterocycles. The summed E-state index contributed by atoms with van der Waals surface area (Å²) in [7, 11) is 0. The van der Waals surface area contributed by atoms with Gasteiger partial charge in [0.2, 0.25) is 0 Å². The molecular formula is C10H13NO3. The van der Waals surface area contributed by atoms with Gasteiger partial charge in [0.05, 0.1) is 6.61 Å². The minimum absolute atomic E-state index is 0.00634. The van der Waals surface area contributed by atoms with Crippen LogP contribution in [0.4, 0.5) is 4.79 Å². The molecule has 0 unspecified atom stereocenters. The standard InChI is InChI=1S/C10H13NO3/c12-6-4-9-7-8-3-1-2-5-11(8)10(13)14-9/h3,7,12H,1-2,4-6H2. The maximum absolute atomic E-state index is 11.5. The van der Waals surface area contributed by atoms with Crippen molar-refractivity contribution in [2.24, 2.45) is 0 Å². The Labute approximate surface area is 82.5 Å². The summed E-state index contributed by atoms with van der Waals surface area (Å²) in [6.45, 7) is 0.736. The summed E-state index contributed by atoms with van der Waals surface area (Å²) < 4.78 is 5.04. The molecule has 0 saturated carbocycles. The number of aliphatic hydroxyl groups is 1. The molecule has 76 valence electrons. The van der Waals surface area contributed by atoms with Crippen LogP contribution in [0.1, 0.15) is 19.3 Å². The fourth-order valence-electron chi connectivity index (χ4n) is 1.67. The summed E-state index contributed by atoms with van der Waals surface area (Å²) >= 11 is 0. The number of allylic oxidation sites excluding steroid dienone is 2. The van der Waals surface area contributed by atoms with Crippen LogP contribution < -0.4 is 0 Å². The molecule has 0 radical (unpaired) electrons. The first kappa shape index (κ1) is 9.27. The lowest BCUT2D eigenvalue weighted by molar-refractivity contribution is 0.125. The third-order valence-corrected chi connectivity index (χ3v) is 2.36. The zero-order chi connectivity index (χ0) is 9.97. The van der Waals surface area contributed by atoms with Crippen LogP contribution in [0.25, 0.3) is 0 Å². The molecule has 0 bridgehead atoms. The highest BCUT2D eigenvalue weighted by molar-refractivity contribution is 5.74. The summed E-state index contributed by atoms with van der Waals surface area (Å²) in [5, 5.41) is 8.74. The highest BCUT2D eigenvalue weighted by Gasteiger charge is 2.26. The Morgan fingerprint density at radius 3 is 3.21 bits per heavy atom. The van der Waals surface area contributed by atoms with Gasteiger partial charge in [-0.1, -0.05) is 6.08 Å². The van der Waals surface area contributed by atoms with Gasteiger partial charge >= 0.3 is 6.09 Å². The molecule has 1 N–H and O–H groups in total. The van der Waals surface area contributed by atoms with Crippen LogP contribution in [0.5, 0.6) is 0 Å². The maximum atomic E-state index is 11.5. The van der Waals surface area contributed by atoms with Gasteiger partial charge in [-0.25, -0.2) is 4.79 Å². The van der Waals surface area contributed by atoms with Crippen molar-refractivity contribution in [2.75, 3.05) is 13.2 Å². The molecule has 0 atom stereocenters. The molecule has 4 nitrogen and oxygen atoms in total. The Kier molecular flexibility index (Phi) is 2.54. The fourth-order valence-corrected chi connectivity index (χ4v) is 1.67. The van der Waals surface area contributed by atoms with E-state index in [4.69, 9.17) is 9.84 Å². The van der Waals surface area contributed by atoms with E-state index in [1.54, 1.807) is 4.90 Å². The number of hydrogen-bond donors (Lipinski definition) is 1. The highest BCUT2D eigenvalue weighted by atomic mass is 16.6. The molecule has 14 heavy (non-hydrogen) atoms. The molecule has 0 spiro atoms. The van der Waals surface area contributed by atoms with Crippen molar-refractivity contribution in [1.82, 2.24) is 4.90 Å². The first-order valence-electron chi connectivity index (χ1n) is 4.82. The minimum Gasteiger partial charge on any atom is -0.414 e. The molecule has 2 aliphatic heterocycles. The quantitative estimate of drug-likeness (QED) is 0.724. The summed E-state index contributed by atoms with van der Waals surface area (Å²) in [6, 6.07) is 0. The van der Waals surface area contributed by atoms with Gasteiger partial charge in [-0.05, 0) is 12.8 Å². The van der Waals surface area contributed by atoms with Crippen molar-refractivity contribution in [3.05, 3.63) is 23.6 Å². The van der Waals surface area contributed by atoms with E-state index in [1.165, 1.54) is 0 Å². The van der Waals surface area contributed by atoms with Crippen molar-refractivity contribution < 1.29 is 14.6 Å². The zero-order valence-corrected chi connectivity index (χ0v) is 7.90. The normalized spacial score (nSPS) is 20.9. The molecule has 2 rings (SSSR count). The maximum Gasteiger partial charge on any atom is 0.419 e. The largest absolute Gasteiger partial charge is 0.419 e. The summed E-state index contributed by atoms with van der Waals surface area (Å²) in [4.78, 5) is 13.1. The average Bonchev–Trinajstić information content (AvgIpc) is 2.18. The van der Waals surface area contributed by atoms with Gasteiger partial charge in [-0.15, -0.1) is 0 Å². The van der Waals surface area contributed by atoms with E-state index in [9.17, 15) is 4.79 Å². The van der Waals surface area contributed by atoms with Gasteiger partial charge in [0.15, 0.2) is 0 Å². The predicted molar refractivity (Wildman–Crippen MR) is 50.3 cm³/mol. The number of amides is 1. The molecule has 0 fully saturated rings. The molecular weight excluding hydrogens is 182 g/mol. The van der Waals surface area contributed by atoms with Crippen LogP contribution in [0.2, 0.25) is 0 Å². The third kappa shape index (κ3) is 1.65. The number of carbonyl (C=O) groups excluding carboxylic acids is 1. The second kappa shape index (κ2) is 3.84. The lowest BCUT2D eigenvalue weighted by atomic mass is 10.1. The number of carbonyl (C=O) groups is 1. The van der Waals surface area contributed by atoms with Gasteiger partial charge in [0.1, 0.15) is 5.76 Å². The molecule has 0 aromatic carbocycles. The number of aliphatic hydroxyl groups excluding tert-OH is 1. The van der Waals surface area contributed by atoms with Gasteiger partial charge < -0.3 is 9.84 Å². The number of ether oxygens (including phenoxy) is 1. The van der Waals surface area contributed by atoms with Crippen LogP contribution in [-0.2, 0) is 4.74 Å². The monoisotopic (exact) mass is 195 g/mol. The van der Waals surface area contributed by atoms with Crippen LogP contribution >= 0.6 is 0 Å². The Balaban J connectivity index is 2.22. The summed E-state index contributed by atoms with van der Waals surface area (Å²) in [5.41, 5.74) is 0.913. The number of cyclic esters (lactones) is 1. The average molecular weight is 195 g/mol. The smallest absolute Gasteiger partial charge is 0.414 e. The van der Waals surface area contributed by atoms with Crippen LogP contribution in [0, 0.1) is 0 Å². The lowest BCUT2D eigenvalue weighted by Gasteiger charge is -2.30. The first-order valence-corrected chi connectivity index (χ1v) is 4.82. The van der Waals surface area contributed by atoms with E-state index in [0.717, 1.165) is 25.1 Å². The van der Waals surface area contributed by atoms with Crippen LogP contribution in [0.3, 0.4) is 0 Å². The minimum atomic E-state index is -0.318. The number of hydrogen-bond acceptors (Lipinski definition) is 3. The van der Waals surface area contributed by atoms with E-state index in [0.29, 0.717) is 12.2 Å². The SMILES string of the molecule is O=C1OC(CCO)=CC2=CCCCN12. The van der Waals surface area contributed by atoms with Gasteiger partial charge in [-0.2, -0.15) is 0 Å². The van der Waals surface area contributed by atoms with Crippen molar-refractivity contribution >= 4 is 6.09 Å². The molecule has 0 aromatic rings. The van der Waals surface area contributed by atoms with Gasteiger partial charge in [0, 0.05) is 24.7 Å². The highest BCUT2D eigenvalue weighted by Crippen LogP contribution is 2.24. The Hall–Kier alpha value is -1.29. The van der Waals surface area contributed by atoms with Gasteiger partial charge in [-0.3, -0.25) is 4.90 Å². The molecule has 1 amide bonds. The second-order valence-electron chi connectivity index (χ2n) is 3.38. The van der Waals surface area contributed by atoms with Crippen molar-refractivity contribution in [3.8, 4) is 0 Å². The van der Waals surface area contributed by atoms with Crippen LogP contribution in [0.15, 0.2) is 23.6 Å². The Morgan fingerprint density at radius 2 is 2.43 bits per heavy atom. The van der Waals surface area contributed by atoms with E-state index < -0.39 is 0 Å². The summed E-state index contributed by atoms with van der Waals surface area (Å²) in [6.07, 6.45) is 5.93. The number of rotatable bonds is 2. The fraction of sp³-hybridized carbons (Fsp3) is 0.500. The van der Waals surface area contributed by atoms with E-state index in [1.807, 2.05) is 12.2 Å². The molecule has 0 saturated heterocycles. The lowest BCUT2D eigenvalue weighted by Crippen LogP contribution is -2.36. The van der Waals surface area contributed by atoms with Crippen molar-refractivity contribution in [1.29, 1.82) is 0 Å². The molecule has 2 aliphatic rings. The van der Waals surface area contributed by atoms with Gasteiger partial charge in [0.25, 0.3) is 0 Å². The summed E-state index contributed by atoms with van der Waals surface area (Å²) in [5.74, 6) is 0.557.